The molecule has 144 valence electrons. The van der Waals surface area contributed by atoms with Crippen LogP contribution in [0.5, 0.6) is 0 Å². The van der Waals surface area contributed by atoms with Crippen molar-refractivity contribution in [1.82, 2.24) is 9.29 Å². The molecule has 0 unspecified atom stereocenters. The van der Waals surface area contributed by atoms with Gasteiger partial charge in [0.25, 0.3) is 0 Å². The van der Waals surface area contributed by atoms with E-state index in [2.05, 4.69) is 10.3 Å². The third-order valence-electron chi connectivity index (χ3n) is 4.54. The zero-order valence-corrected chi connectivity index (χ0v) is 16.8. The van der Waals surface area contributed by atoms with E-state index in [1.165, 1.54) is 16.1 Å². The molecule has 1 amide bonds. The molecule has 1 aromatic carbocycles. The van der Waals surface area contributed by atoms with Crippen molar-refractivity contribution < 1.29 is 13.2 Å². The van der Waals surface area contributed by atoms with E-state index >= 15 is 0 Å². The fraction of sp³-hybridized carbons (Fsp3) is 0.368. The lowest BCUT2D eigenvalue weighted by atomic mass is 9.97. The van der Waals surface area contributed by atoms with Crippen LogP contribution in [0, 0.1) is 5.92 Å². The van der Waals surface area contributed by atoms with Gasteiger partial charge in [-0.2, -0.15) is 0 Å². The Balaban J connectivity index is 1.49. The summed E-state index contributed by atoms with van der Waals surface area (Å²) in [6.07, 6.45) is 5.94. The SMILES string of the molecule is CS(=O)(=O)N1CCC(C(=O)Nc2ccc(SCc3cccnc3)cc2)CC1. The highest BCUT2D eigenvalue weighted by molar-refractivity contribution is 7.98. The van der Waals surface area contributed by atoms with Crippen molar-refractivity contribution >= 4 is 33.4 Å². The van der Waals surface area contributed by atoms with Crippen LogP contribution in [0.1, 0.15) is 18.4 Å². The molecule has 0 aliphatic carbocycles. The second-order valence-electron chi connectivity index (χ2n) is 6.60. The van der Waals surface area contributed by atoms with Gasteiger partial charge in [-0.25, -0.2) is 12.7 Å². The summed E-state index contributed by atoms with van der Waals surface area (Å²) in [4.78, 5) is 17.7. The van der Waals surface area contributed by atoms with E-state index in [1.807, 2.05) is 42.6 Å². The first-order valence-electron chi connectivity index (χ1n) is 8.79. The molecule has 0 atom stereocenters. The van der Waals surface area contributed by atoms with Gasteiger partial charge in [-0.15, -0.1) is 11.8 Å². The molecule has 3 rings (SSSR count). The molecule has 0 spiro atoms. The maximum atomic E-state index is 12.4. The van der Waals surface area contributed by atoms with Crippen LogP contribution in [0.25, 0.3) is 0 Å². The van der Waals surface area contributed by atoms with E-state index in [1.54, 1.807) is 18.0 Å². The smallest absolute Gasteiger partial charge is 0.227 e. The fourth-order valence-corrected chi connectivity index (χ4v) is 4.69. The minimum Gasteiger partial charge on any atom is -0.326 e. The molecule has 1 N–H and O–H groups in total. The average Bonchev–Trinajstić information content (AvgIpc) is 2.68. The number of aromatic nitrogens is 1. The van der Waals surface area contributed by atoms with E-state index in [0.717, 1.165) is 16.3 Å². The Hall–Kier alpha value is -1.90. The molecular formula is C19H23N3O3S2. The van der Waals surface area contributed by atoms with Gasteiger partial charge >= 0.3 is 0 Å². The van der Waals surface area contributed by atoms with E-state index < -0.39 is 10.0 Å². The number of piperidine rings is 1. The standard InChI is InChI=1S/C19H23N3O3S2/c1-27(24,25)22-11-8-16(9-12-22)19(23)21-17-4-6-18(7-5-17)26-14-15-3-2-10-20-13-15/h2-7,10,13,16H,8-9,11-12,14H2,1H3,(H,21,23). The number of benzene rings is 1. The third-order valence-corrected chi connectivity index (χ3v) is 6.93. The molecular weight excluding hydrogens is 382 g/mol. The second-order valence-corrected chi connectivity index (χ2v) is 9.63. The number of hydrogen-bond donors (Lipinski definition) is 1. The first-order valence-corrected chi connectivity index (χ1v) is 11.6. The number of carbonyl (C=O) groups excluding carboxylic acids is 1. The Morgan fingerprint density at radius 1 is 1.22 bits per heavy atom. The van der Waals surface area contributed by atoms with Gasteiger partial charge in [0.15, 0.2) is 0 Å². The molecule has 2 aromatic rings. The van der Waals surface area contributed by atoms with Crippen molar-refractivity contribution in [2.75, 3.05) is 24.7 Å². The van der Waals surface area contributed by atoms with Crippen LogP contribution in [0.3, 0.4) is 0 Å². The number of nitrogens with zero attached hydrogens (tertiary/aromatic N) is 2. The molecule has 8 heteroatoms. The Morgan fingerprint density at radius 3 is 2.52 bits per heavy atom. The summed E-state index contributed by atoms with van der Waals surface area (Å²) in [6, 6.07) is 11.7. The third kappa shape index (κ3) is 5.79. The van der Waals surface area contributed by atoms with Crippen molar-refractivity contribution in [2.45, 2.75) is 23.5 Å². The van der Waals surface area contributed by atoms with Crippen LogP contribution in [-0.2, 0) is 20.6 Å². The summed E-state index contributed by atoms with van der Waals surface area (Å²) in [6.45, 7) is 0.807. The van der Waals surface area contributed by atoms with Crippen molar-refractivity contribution in [1.29, 1.82) is 0 Å². The Bertz CT molecular complexity index is 863. The average molecular weight is 406 g/mol. The Kier molecular flexibility index (Phi) is 6.51. The summed E-state index contributed by atoms with van der Waals surface area (Å²) < 4.78 is 24.5. The molecule has 1 aliphatic rings. The molecule has 27 heavy (non-hydrogen) atoms. The normalized spacial score (nSPS) is 16.2. The molecule has 2 heterocycles. The van der Waals surface area contributed by atoms with Crippen LogP contribution in [0.2, 0.25) is 0 Å². The molecule has 1 fully saturated rings. The fourth-order valence-electron chi connectivity index (χ4n) is 2.98. The van der Waals surface area contributed by atoms with Crippen molar-refractivity contribution in [3.05, 3.63) is 54.4 Å². The number of rotatable bonds is 6. The Morgan fingerprint density at radius 2 is 1.93 bits per heavy atom. The first kappa shape index (κ1) is 19.9. The van der Waals surface area contributed by atoms with E-state index in [-0.39, 0.29) is 11.8 Å². The maximum Gasteiger partial charge on any atom is 0.227 e. The lowest BCUT2D eigenvalue weighted by molar-refractivity contribution is -0.120. The number of nitrogens with one attached hydrogen (secondary N) is 1. The number of sulfonamides is 1. The van der Waals surface area contributed by atoms with Gasteiger partial charge in [0.2, 0.25) is 15.9 Å². The van der Waals surface area contributed by atoms with Crippen LogP contribution in [-0.4, -0.2) is 43.0 Å². The predicted molar refractivity (Wildman–Crippen MR) is 108 cm³/mol. The van der Waals surface area contributed by atoms with Crippen LogP contribution < -0.4 is 5.32 Å². The highest BCUT2D eigenvalue weighted by atomic mass is 32.2. The summed E-state index contributed by atoms with van der Waals surface area (Å²) >= 11 is 1.72. The minimum absolute atomic E-state index is 0.0427. The van der Waals surface area contributed by atoms with Gasteiger partial charge in [0, 0.05) is 47.7 Å². The largest absolute Gasteiger partial charge is 0.326 e. The molecule has 1 aromatic heterocycles. The zero-order valence-electron chi connectivity index (χ0n) is 15.2. The lowest BCUT2D eigenvalue weighted by Gasteiger charge is -2.29. The summed E-state index contributed by atoms with van der Waals surface area (Å²) in [5.41, 5.74) is 1.93. The number of carbonyl (C=O) groups is 1. The minimum atomic E-state index is -3.17. The van der Waals surface area contributed by atoms with E-state index in [4.69, 9.17) is 0 Å². The van der Waals surface area contributed by atoms with Gasteiger partial charge in [0.05, 0.1) is 6.26 Å². The first-order chi connectivity index (χ1) is 12.9. The summed E-state index contributed by atoms with van der Waals surface area (Å²) in [5, 5.41) is 2.94. The van der Waals surface area contributed by atoms with Gasteiger partial charge in [-0.3, -0.25) is 9.78 Å². The molecule has 1 aliphatic heterocycles. The number of anilines is 1. The van der Waals surface area contributed by atoms with Crippen molar-refractivity contribution in [3.8, 4) is 0 Å². The predicted octanol–water partition coefficient (Wildman–Crippen LogP) is 2.98. The monoisotopic (exact) mass is 405 g/mol. The van der Waals surface area contributed by atoms with Crippen LogP contribution in [0.4, 0.5) is 5.69 Å². The quantitative estimate of drug-likeness (QED) is 0.748. The van der Waals surface area contributed by atoms with Crippen molar-refractivity contribution in [3.63, 3.8) is 0 Å². The number of amides is 1. The number of hydrogen-bond acceptors (Lipinski definition) is 5. The van der Waals surface area contributed by atoms with E-state index in [9.17, 15) is 13.2 Å². The second kappa shape index (κ2) is 8.86. The van der Waals surface area contributed by atoms with Gasteiger partial charge < -0.3 is 5.32 Å². The molecule has 0 bridgehead atoms. The lowest BCUT2D eigenvalue weighted by Crippen LogP contribution is -2.40. The van der Waals surface area contributed by atoms with Gasteiger partial charge in [0.1, 0.15) is 0 Å². The van der Waals surface area contributed by atoms with Gasteiger partial charge in [-0.1, -0.05) is 6.07 Å². The topological polar surface area (TPSA) is 79.4 Å². The highest BCUT2D eigenvalue weighted by Crippen LogP contribution is 2.25. The maximum absolute atomic E-state index is 12.4. The molecule has 0 saturated carbocycles. The Labute approximate surface area is 164 Å². The zero-order chi connectivity index (χ0) is 19.3. The summed E-state index contributed by atoms with van der Waals surface area (Å²) in [5.74, 6) is 0.653. The molecule has 1 saturated heterocycles. The number of thioether (sulfide) groups is 1. The molecule has 6 nitrogen and oxygen atoms in total. The molecule has 0 radical (unpaired) electrons. The van der Waals surface area contributed by atoms with Crippen molar-refractivity contribution in [2.24, 2.45) is 5.92 Å². The number of pyridine rings is 1. The van der Waals surface area contributed by atoms with Crippen LogP contribution >= 0.6 is 11.8 Å². The highest BCUT2D eigenvalue weighted by Gasteiger charge is 2.28. The van der Waals surface area contributed by atoms with E-state index in [0.29, 0.717) is 25.9 Å². The summed E-state index contributed by atoms with van der Waals surface area (Å²) in [7, 11) is -3.17. The van der Waals surface area contributed by atoms with Gasteiger partial charge in [-0.05, 0) is 48.7 Å². The van der Waals surface area contributed by atoms with Crippen LogP contribution in [0.15, 0.2) is 53.7 Å².